The molecule has 0 spiro atoms. The molecule has 9 atom stereocenters. The smallest absolute Gasteiger partial charge is 0.220 e. The maximum atomic E-state index is 11.8. The standard InChI is InChI=1S/C16H33N3O9/c1-2-3-10(24)19-12-9(6-21)27-16(14(26)13(12)25)28-15(7(22)4-17)11(18)8(23)5-20/h7-9,11-16,20-23,25-26H,2-6,17-18H2,1H3,(H,19,24)/t7-,8+,9+,11+,12+,13+,14-,15+,16+/m0/s1. The van der Waals surface area contributed by atoms with Crippen molar-refractivity contribution in [3.8, 4) is 0 Å². The highest BCUT2D eigenvalue weighted by Gasteiger charge is 2.47. The Morgan fingerprint density at radius 2 is 1.86 bits per heavy atom. The third-order valence-electron chi connectivity index (χ3n) is 4.61. The summed E-state index contributed by atoms with van der Waals surface area (Å²) in [7, 11) is 0. The van der Waals surface area contributed by atoms with Crippen molar-refractivity contribution in [3.63, 3.8) is 0 Å². The fraction of sp³-hybridized carbons (Fsp3) is 0.938. The molecule has 0 bridgehead atoms. The van der Waals surface area contributed by atoms with Crippen LogP contribution in [0.15, 0.2) is 0 Å². The second-order valence-corrected chi connectivity index (χ2v) is 6.78. The van der Waals surface area contributed by atoms with Crippen LogP contribution in [0.3, 0.4) is 0 Å². The highest BCUT2D eigenvalue weighted by atomic mass is 16.7. The van der Waals surface area contributed by atoms with Gasteiger partial charge in [0.2, 0.25) is 5.91 Å². The first kappa shape index (κ1) is 25.1. The summed E-state index contributed by atoms with van der Waals surface area (Å²) in [6.45, 7) is 0.180. The second kappa shape index (κ2) is 11.9. The van der Waals surface area contributed by atoms with E-state index in [4.69, 9.17) is 26.0 Å². The zero-order chi connectivity index (χ0) is 21.4. The molecule has 1 heterocycles. The zero-order valence-corrected chi connectivity index (χ0v) is 15.8. The van der Waals surface area contributed by atoms with Crippen LogP contribution in [-0.4, -0.2) is 111 Å². The van der Waals surface area contributed by atoms with Crippen molar-refractivity contribution >= 4 is 5.91 Å². The highest BCUT2D eigenvalue weighted by Crippen LogP contribution is 2.25. The Balaban J connectivity index is 2.94. The fourth-order valence-electron chi connectivity index (χ4n) is 2.93. The largest absolute Gasteiger partial charge is 0.394 e. The van der Waals surface area contributed by atoms with Gasteiger partial charge in [-0.2, -0.15) is 0 Å². The minimum Gasteiger partial charge on any atom is -0.394 e. The lowest BCUT2D eigenvalue weighted by Gasteiger charge is -2.44. The van der Waals surface area contributed by atoms with Gasteiger partial charge < -0.3 is 56.9 Å². The zero-order valence-electron chi connectivity index (χ0n) is 15.8. The topological polar surface area (TPSA) is 221 Å². The van der Waals surface area contributed by atoms with E-state index in [0.717, 1.165) is 0 Å². The third-order valence-corrected chi connectivity index (χ3v) is 4.61. The average Bonchev–Trinajstić information content (AvgIpc) is 2.69. The summed E-state index contributed by atoms with van der Waals surface area (Å²) >= 11 is 0. The van der Waals surface area contributed by atoms with E-state index in [-0.39, 0.29) is 18.9 Å². The molecule has 0 radical (unpaired) electrons. The van der Waals surface area contributed by atoms with Crippen LogP contribution in [0.4, 0.5) is 0 Å². The van der Waals surface area contributed by atoms with Crippen LogP contribution in [0.25, 0.3) is 0 Å². The lowest BCUT2D eigenvalue weighted by molar-refractivity contribution is -0.302. The SMILES string of the molecule is CCCC(=O)N[C@H]1[C@@H](O)[C@H](O)[C@@H](O[C@@H]([C@H](N)[C@H](O)CO)[C@@H](O)CN)O[C@@H]1CO. The summed E-state index contributed by atoms with van der Waals surface area (Å²) in [5.74, 6) is -0.385. The maximum absolute atomic E-state index is 11.8. The van der Waals surface area contributed by atoms with Crippen molar-refractivity contribution in [1.29, 1.82) is 0 Å². The summed E-state index contributed by atoms with van der Waals surface area (Å²) in [5, 5.41) is 61.6. The van der Waals surface area contributed by atoms with Gasteiger partial charge in [-0.3, -0.25) is 4.79 Å². The normalized spacial score (nSPS) is 32.4. The first-order chi connectivity index (χ1) is 13.2. The summed E-state index contributed by atoms with van der Waals surface area (Å²) in [4.78, 5) is 11.8. The number of carbonyl (C=O) groups excluding carboxylic acids is 1. The van der Waals surface area contributed by atoms with Crippen LogP contribution < -0.4 is 16.8 Å². The summed E-state index contributed by atoms with van der Waals surface area (Å²) in [5.41, 5.74) is 11.2. The Hall–Kier alpha value is -0.930. The maximum Gasteiger partial charge on any atom is 0.220 e. The number of aliphatic hydroxyl groups excluding tert-OH is 6. The van der Waals surface area contributed by atoms with Crippen LogP contribution in [0.5, 0.6) is 0 Å². The molecular weight excluding hydrogens is 378 g/mol. The van der Waals surface area contributed by atoms with Gasteiger partial charge >= 0.3 is 0 Å². The molecule has 0 aromatic carbocycles. The number of aliphatic hydroxyl groups is 6. The summed E-state index contributed by atoms with van der Waals surface area (Å²) < 4.78 is 10.9. The molecule has 1 saturated heterocycles. The molecule has 12 nitrogen and oxygen atoms in total. The van der Waals surface area contributed by atoms with Gasteiger partial charge in [-0.1, -0.05) is 6.92 Å². The Morgan fingerprint density at radius 3 is 2.36 bits per heavy atom. The quantitative estimate of drug-likeness (QED) is 0.157. The molecule has 0 aromatic rings. The lowest BCUT2D eigenvalue weighted by atomic mass is 9.95. The van der Waals surface area contributed by atoms with Gasteiger partial charge in [0.15, 0.2) is 6.29 Å². The van der Waals surface area contributed by atoms with Crippen LogP contribution in [0, 0.1) is 0 Å². The molecule has 1 fully saturated rings. The van der Waals surface area contributed by atoms with Crippen LogP contribution in [0.2, 0.25) is 0 Å². The molecule has 1 aliphatic heterocycles. The molecule has 0 saturated carbocycles. The van der Waals surface area contributed by atoms with Gasteiger partial charge in [-0.05, 0) is 6.42 Å². The van der Waals surface area contributed by atoms with Crippen molar-refractivity contribution in [1.82, 2.24) is 5.32 Å². The van der Waals surface area contributed by atoms with Crippen LogP contribution in [0.1, 0.15) is 19.8 Å². The number of nitrogens with two attached hydrogens (primary N) is 2. The van der Waals surface area contributed by atoms with E-state index in [0.29, 0.717) is 6.42 Å². The second-order valence-electron chi connectivity index (χ2n) is 6.78. The molecule has 11 N–H and O–H groups in total. The minimum atomic E-state index is -1.67. The number of nitrogens with one attached hydrogen (secondary N) is 1. The number of ether oxygens (including phenoxy) is 2. The Kier molecular flexibility index (Phi) is 10.7. The van der Waals surface area contributed by atoms with E-state index < -0.39 is 68.2 Å². The van der Waals surface area contributed by atoms with Crippen LogP contribution in [-0.2, 0) is 14.3 Å². The van der Waals surface area contributed by atoms with Gasteiger partial charge in [-0.15, -0.1) is 0 Å². The third kappa shape index (κ3) is 6.29. The number of amides is 1. The highest BCUT2D eigenvalue weighted by molar-refractivity contribution is 5.76. The van der Waals surface area contributed by atoms with Crippen molar-refractivity contribution in [2.45, 2.75) is 74.8 Å². The van der Waals surface area contributed by atoms with Gasteiger partial charge in [0.1, 0.15) is 24.4 Å². The van der Waals surface area contributed by atoms with E-state index in [1.807, 2.05) is 0 Å². The molecule has 1 rings (SSSR count). The van der Waals surface area contributed by atoms with Crippen molar-refractivity contribution in [2.75, 3.05) is 19.8 Å². The van der Waals surface area contributed by atoms with E-state index in [1.165, 1.54) is 0 Å². The summed E-state index contributed by atoms with van der Waals surface area (Å²) in [6, 6.07) is -2.38. The minimum absolute atomic E-state index is 0.191. The van der Waals surface area contributed by atoms with E-state index in [1.54, 1.807) is 6.92 Å². The predicted molar refractivity (Wildman–Crippen MR) is 95.6 cm³/mol. The number of rotatable bonds is 11. The number of hydrogen-bond acceptors (Lipinski definition) is 11. The number of carbonyl (C=O) groups is 1. The Morgan fingerprint density at radius 1 is 1.21 bits per heavy atom. The van der Waals surface area contributed by atoms with Gasteiger partial charge in [0.25, 0.3) is 0 Å². The molecule has 0 aromatic heterocycles. The van der Waals surface area contributed by atoms with Gasteiger partial charge in [-0.25, -0.2) is 0 Å². The first-order valence-corrected chi connectivity index (χ1v) is 9.21. The van der Waals surface area contributed by atoms with Gasteiger partial charge in [0.05, 0.1) is 37.5 Å². The molecule has 28 heavy (non-hydrogen) atoms. The fourth-order valence-corrected chi connectivity index (χ4v) is 2.93. The lowest BCUT2D eigenvalue weighted by Crippen LogP contribution is -2.66. The van der Waals surface area contributed by atoms with Gasteiger partial charge in [0, 0.05) is 13.0 Å². The number of hydrogen-bond donors (Lipinski definition) is 9. The van der Waals surface area contributed by atoms with E-state index in [9.17, 15) is 30.3 Å². The van der Waals surface area contributed by atoms with Crippen molar-refractivity contribution in [3.05, 3.63) is 0 Å². The van der Waals surface area contributed by atoms with E-state index in [2.05, 4.69) is 5.32 Å². The molecular formula is C16H33N3O9. The molecule has 1 aliphatic rings. The average molecular weight is 411 g/mol. The Labute approximate surface area is 163 Å². The first-order valence-electron chi connectivity index (χ1n) is 9.21. The van der Waals surface area contributed by atoms with Crippen molar-refractivity contribution in [2.24, 2.45) is 11.5 Å². The molecule has 0 aliphatic carbocycles. The van der Waals surface area contributed by atoms with E-state index >= 15 is 0 Å². The molecule has 1 amide bonds. The molecule has 0 unspecified atom stereocenters. The molecule has 166 valence electrons. The predicted octanol–water partition coefficient (Wildman–Crippen LogP) is -4.90. The van der Waals surface area contributed by atoms with Crippen LogP contribution >= 0.6 is 0 Å². The van der Waals surface area contributed by atoms with Crippen molar-refractivity contribution < 1.29 is 44.9 Å². The monoisotopic (exact) mass is 411 g/mol. The molecule has 12 heteroatoms. The Bertz CT molecular complexity index is 471. The summed E-state index contributed by atoms with van der Waals surface area (Å²) in [6.07, 6.45) is -9.30.